The SMILES string of the molecule is CC(=O)Nc1ccc(S(=O)(=O)NC(CO)C(=O)O)c(F)c1. The highest BCUT2D eigenvalue weighted by Crippen LogP contribution is 2.19. The molecule has 0 saturated heterocycles. The molecule has 21 heavy (non-hydrogen) atoms. The second kappa shape index (κ2) is 6.61. The summed E-state index contributed by atoms with van der Waals surface area (Å²) in [5, 5.41) is 19.7. The van der Waals surface area contributed by atoms with Gasteiger partial charge in [0.1, 0.15) is 16.8 Å². The summed E-state index contributed by atoms with van der Waals surface area (Å²) in [7, 11) is -4.47. The Hall–Kier alpha value is -2.04. The fraction of sp³-hybridized carbons (Fsp3) is 0.273. The van der Waals surface area contributed by atoms with Gasteiger partial charge in [-0.25, -0.2) is 12.8 Å². The fourth-order valence-electron chi connectivity index (χ4n) is 1.42. The molecule has 0 heterocycles. The van der Waals surface area contributed by atoms with E-state index in [1.54, 1.807) is 4.72 Å². The molecular formula is C11H13FN2O6S. The summed E-state index contributed by atoms with van der Waals surface area (Å²) in [6, 6.07) is 1.02. The third-order valence-electron chi connectivity index (χ3n) is 2.32. The Bertz CT molecular complexity index is 661. The maximum Gasteiger partial charge on any atom is 0.324 e. The third-order valence-corrected chi connectivity index (χ3v) is 3.82. The molecule has 1 atom stereocenters. The molecule has 1 aromatic carbocycles. The summed E-state index contributed by atoms with van der Waals surface area (Å²) in [6.07, 6.45) is 0. The third kappa shape index (κ3) is 4.48. The number of hydrogen-bond acceptors (Lipinski definition) is 5. The van der Waals surface area contributed by atoms with Gasteiger partial charge >= 0.3 is 5.97 Å². The van der Waals surface area contributed by atoms with Crippen LogP contribution in [0, 0.1) is 5.82 Å². The Balaban J connectivity index is 3.09. The summed E-state index contributed by atoms with van der Waals surface area (Å²) in [5.74, 6) is -3.23. The molecule has 0 bridgehead atoms. The van der Waals surface area contributed by atoms with E-state index in [4.69, 9.17) is 10.2 Å². The van der Waals surface area contributed by atoms with Crippen LogP contribution in [0.1, 0.15) is 6.92 Å². The van der Waals surface area contributed by atoms with Crippen LogP contribution < -0.4 is 10.0 Å². The number of sulfonamides is 1. The van der Waals surface area contributed by atoms with E-state index < -0.39 is 45.3 Å². The molecule has 116 valence electrons. The first-order valence-corrected chi connectivity index (χ1v) is 7.09. The number of carboxylic acids is 1. The lowest BCUT2D eigenvalue weighted by Crippen LogP contribution is -2.43. The normalized spacial score (nSPS) is 12.7. The number of rotatable bonds is 6. The van der Waals surface area contributed by atoms with Crippen LogP contribution in [-0.2, 0) is 19.6 Å². The van der Waals surface area contributed by atoms with Crippen molar-refractivity contribution in [2.24, 2.45) is 0 Å². The zero-order valence-corrected chi connectivity index (χ0v) is 11.6. The topological polar surface area (TPSA) is 133 Å². The number of nitrogens with one attached hydrogen (secondary N) is 2. The zero-order valence-electron chi connectivity index (χ0n) is 10.8. The molecule has 1 aromatic rings. The molecule has 4 N–H and O–H groups in total. The van der Waals surface area contributed by atoms with Crippen LogP contribution >= 0.6 is 0 Å². The maximum absolute atomic E-state index is 13.8. The standard InChI is InChI=1S/C11H13FN2O6S/c1-6(16)13-7-2-3-10(8(12)4-7)21(19,20)14-9(5-15)11(17)18/h2-4,9,14-15H,5H2,1H3,(H,13,16)(H,17,18). The lowest BCUT2D eigenvalue weighted by atomic mass is 10.3. The van der Waals surface area contributed by atoms with Crippen molar-refractivity contribution in [1.82, 2.24) is 4.72 Å². The van der Waals surface area contributed by atoms with Crippen LogP contribution in [0.15, 0.2) is 23.1 Å². The molecular weight excluding hydrogens is 307 g/mol. The van der Waals surface area contributed by atoms with Crippen LogP contribution in [0.3, 0.4) is 0 Å². The Kier molecular flexibility index (Phi) is 5.35. The summed E-state index contributed by atoms with van der Waals surface area (Å²) in [5.41, 5.74) is 0.0518. The molecule has 1 rings (SSSR count). The molecule has 0 radical (unpaired) electrons. The van der Waals surface area contributed by atoms with Crippen molar-refractivity contribution >= 4 is 27.6 Å². The number of aliphatic hydroxyl groups excluding tert-OH is 1. The van der Waals surface area contributed by atoms with Crippen molar-refractivity contribution in [1.29, 1.82) is 0 Å². The predicted octanol–water partition coefficient (Wildman–Crippen LogP) is -0.492. The van der Waals surface area contributed by atoms with Crippen LogP contribution in [-0.4, -0.2) is 43.2 Å². The van der Waals surface area contributed by atoms with Crippen molar-refractivity contribution in [2.45, 2.75) is 17.9 Å². The molecule has 0 saturated carbocycles. The van der Waals surface area contributed by atoms with Gasteiger partial charge in [-0.3, -0.25) is 9.59 Å². The van der Waals surface area contributed by atoms with Crippen molar-refractivity contribution in [3.8, 4) is 0 Å². The Morgan fingerprint density at radius 1 is 1.38 bits per heavy atom. The summed E-state index contributed by atoms with van der Waals surface area (Å²) < 4.78 is 39.1. The molecule has 8 nitrogen and oxygen atoms in total. The number of carbonyl (C=O) groups is 2. The van der Waals surface area contributed by atoms with E-state index in [-0.39, 0.29) is 5.69 Å². The highest BCUT2D eigenvalue weighted by Gasteiger charge is 2.27. The number of amides is 1. The first-order valence-electron chi connectivity index (χ1n) is 5.60. The fourth-order valence-corrected chi connectivity index (χ4v) is 2.66. The first kappa shape index (κ1) is 17.0. The van der Waals surface area contributed by atoms with E-state index in [2.05, 4.69) is 5.32 Å². The highest BCUT2D eigenvalue weighted by molar-refractivity contribution is 7.89. The second-order valence-electron chi connectivity index (χ2n) is 4.02. The first-order chi connectivity index (χ1) is 9.67. The molecule has 0 aliphatic carbocycles. The lowest BCUT2D eigenvalue weighted by Gasteiger charge is -2.13. The van der Waals surface area contributed by atoms with Gasteiger partial charge < -0.3 is 15.5 Å². The minimum Gasteiger partial charge on any atom is -0.480 e. The van der Waals surface area contributed by atoms with Gasteiger partial charge in [0.05, 0.1) is 6.61 Å². The average Bonchev–Trinajstić information content (AvgIpc) is 2.34. The summed E-state index contributed by atoms with van der Waals surface area (Å²) in [4.78, 5) is 20.7. The smallest absolute Gasteiger partial charge is 0.324 e. The number of aliphatic carboxylic acids is 1. The number of hydrogen-bond donors (Lipinski definition) is 4. The molecule has 0 aromatic heterocycles. The van der Waals surface area contributed by atoms with Crippen molar-refractivity contribution < 1.29 is 32.6 Å². The van der Waals surface area contributed by atoms with Crippen LogP contribution in [0.2, 0.25) is 0 Å². The molecule has 0 aliphatic heterocycles. The lowest BCUT2D eigenvalue weighted by molar-refractivity contribution is -0.139. The number of carbonyl (C=O) groups excluding carboxylic acids is 1. The van der Waals surface area contributed by atoms with Gasteiger partial charge in [0.2, 0.25) is 15.9 Å². The van der Waals surface area contributed by atoms with Gasteiger partial charge in [0.25, 0.3) is 0 Å². The van der Waals surface area contributed by atoms with Crippen molar-refractivity contribution in [3.05, 3.63) is 24.0 Å². The van der Waals surface area contributed by atoms with Crippen molar-refractivity contribution in [3.63, 3.8) is 0 Å². The summed E-state index contributed by atoms with van der Waals surface area (Å²) in [6.45, 7) is 0.211. The van der Waals surface area contributed by atoms with Gasteiger partial charge in [0.15, 0.2) is 0 Å². The van der Waals surface area contributed by atoms with Gasteiger partial charge in [0, 0.05) is 12.6 Å². The van der Waals surface area contributed by atoms with E-state index in [9.17, 15) is 22.4 Å². The van der Waals surface area contributed by atoms with E-state index in [0.29, 0.717) is 0 Å². The second-order valence-corrected chi connectivity index (χ2v) is 5.70. The Morgan fingerprint density at radius 3 is 2.43 bits per heavy atom. The Morgan fingerprint density at radius 2 is 2.00 bits per heavy atom. The van der Waals surface area contributed by atoms with Gasteiger partial charge in [-0.2, -0.15) is 4.72 Å². The number of aliphatic hydroxyl groups is 1. The van der Waals surface area contributed by atoms with Crippen LogP contribution in [0.5, 0.6) is 0 Å². The van der Waals surface area contributed by atoms with Gasteiger partial charge in [-0.05, 0) is 18.2 Å². The number of carboxylic acid groups (broad SMARTS) is 1. The van der Waals surface area contributed by atoms with Crippen LogP contribution in [0.25, 0.3) is 0 Å². The maximum atomic E-state index is 13.8. The van der Waals surface area contributed by atoms with E-state index in [0.717, 1.165) is 18.2 Å². The monoisotopic (exact) mass is 320 g/mol. The predicted molar refractivity (Wildman–Crippen MR) is 69.5 cm³/mol. The minimum atomic E-state index is -4.47. The molecule has 1 unspecified atom stereocenters. The van der Waals surface area contributed by atoms with E-state index in [1.165, 1.54) is 6.92 Å². The molecule has 0 fully saturated rings. The molecule has 1 amide bonds. The van der Waals surface area contributed by atoms with Gasteiger partial charge in [-0.15, -0.1) is 0 Å². The average molecular weight is 320 g/mol. The van der Waals surface area contributed by atoms with Crippen molar-refractivity contribution in [2.75, 3.05) is 11.9 Å². The number of halogens is 1. The number of anilines is 1. The van der Waals surface area contributed by atoms with Gasteiger partial charge in [-0.1, -0.05) is 0 Å². The van der Waals surface area contributed by atoms with E-state index in [1.807, 2.05) is 0 Å². The van der Waals surface area contributed by atoms with E-state index >= 15 is 0 Å². The number of benzene rings is 1. The quantitative estimate of drug-likeness (QED) is 0.559. The highest BCUT2D eigenvalue weighted by atomic mass is 32.2. The zero-order chi connectivity index (χ0) is 16.2. The molecule has 0 spiro atoms. The summed E-state index contributed by atoms with van der Waals surface area (Å²) >= 11 is 0. The largest absolute Gasteiger partial charge is 0.480 e. The molecule has 10 heteroatoms. The molecule has 0 aliphatic rings. The van der Waals surface area contributed by atoms with Crippen LogP contribution in [0.4, 0.5) is 10.1 Å². The minimum absolute atomic E-state index is 0.0518. The Labute approximate surface area is 119 Å².